The zero-order valence-corrected chi connectivity index (χ0v) is 24.8. The van der Waals surface area contributed by atoms with Gasteiger partial charge in [-0.2, -0.15) is 0 Å². The smallest absolute Gasteiger partial charge is 0.338 e. The summed E-state index contributed by atoms with van der Waals surface area (Å²) in [6, 6.07) is 19.4. The van der Waals surface area contributed by atoms with Gasteiger partial charge >= 0.3 is 5.97 Å². The highest BCUT2D eigenvalue weighted by Gasteiger charge is 2.33. The van der Waals surface area contributed by atoms with Gasteiger partial charge in [0.1, 0.15) is 6.61 Å². The first-order valence-corrected chi connectivity index (χ1v) is 14.4. The van der Waals surface area contributed by atoms with E-state index in [1.165, 1.54) is 11.3 Å². The van der Waals surface area contributed by atoms with E-state index in [2.05, 4.69) is 4.99 Å². The molecule has 0 N–H and O–H groups in total. The first-order chi connectivity index (χ1) is 19.8. The fraction of sp³-hybridized carbons (Fsp3) is 0.194. The van der Waals surface area contributed by atoms with Crippen molar-refractivity contribution in [3.05, 3.63) is 124 Å². The maximum Gasteiger partial charge on any atom is 0.338 e. The van der Waals surface area contributed by atoms with Gasteiger partial charge in [-0.05, 0) is 55.3 Å². The second kappa shape index (κ2) is 12.3. The largest absolute Gasteiger partial charge is 0.493 e. The SMILES string of the molecule is CCOC(=O)C1=C(C)N=c2s/c(=C\c3ccc(OCc4ccc(Cl)cc4Cl)c(OC)c3)c(=O)n2[C@@H]1c1ccccc1. The number of carbonyl (C=O) groups excluding carboxylic acids is 1. The molecule has 210 valence electrons. The van der Waals surface area contributed by atoms with Crippen molar-refractivity contribution in [1.82, 2.24) is 4.57 Å². The van der Waals surface area contributed by atoms with Gasteiger partial charge in [-0.3, -0.25) is 9.36 Å². The first kappa shape index (κ1) is 28.7. The molecule has 0 fully saturated rings. The van der Waals surface area contributed by atoms with Crippen molar-refractivity contribution >= 4 is 46.6 Å². The molecule has 3 aromatic carbocycles. The Labute approximate surface area is 250 Å². The third kappa shape index (κ3) is 5.95. The fourth-order valence-electron chi connectivity index (χ4n) is 4.58. The van der Waals surface area contributed by atoms with Crippen molar-refractivity contribution in [2.24, 2.45) is 4.99 Å². The Morgan fingerprint density at radius 3 is 2.56 bits per heavy atom. The lowest BCUT2D eigenvalue weighted by atomic mass is 9.96. The normalized spacial score (nSPS) is 14.9. The van der Waals surface area contributed by atoms with Crippen LogP contribution in [0.25, 0.3) is 6.08 Å². The van der Waals surface area contributed by atoms with Crippen LogP contribution >= 0.6 is 34.5 Å². The van der Waals surface area contributed by atoms with E-state index < -0.39 is 12.0 Å². The van der Waals surface area contributed by atoms with E-state index in [4.69, 9.17) is 37.4 Å². The number of hydrogen-bond donors (Lipinski definition) is 0. The average Bonchev–Trinajstić information content (AvgIpc) is 3.26. The number of ether oxygens (including phenoxy) is 3. The van der Waals surface area contributed by atoms with Crippen molar-refractivity contribution in [3.8, 4) is 11.5 Å². The number of halogens is 2. The Balaban J connectivity index is 1.52. The standard InChI is InChI=1S/C31H26Cl2N2O5S/c1-4-39-30(37)27-18(2)34-31-35(28(27)20-8-6-5-7-9-20)29(36)26(41-31)15-19-10-13-24(25(14-19)38-3)40-17-21-11-12-22(32)16-23(21)33/h5-16,28H,4,17H2,1-3H3/b26-15-/t28-/m1/s1. The van der Waals surface area contributed by atoms with Crippen molar-refractivity contribution < 1.29 is 19.0 Å². The molecule has 1 aliphatic rings. The summed E-state index contributed by atoms with van der Waals surface area (Å²) in [5, 5.41) is 1.06. The molecule has 0 saturated carbocycles. The molecule has 0 unspecified atom stereocenters. The molecule has 1 aromatic heterocycles. The first-order valence-electron chi connectivity index (χ1n) is 12.8. The minimum Gasteiger partial charge on any atom is -0.493 e. The average molecular weight is 610 g/mol. The topological polar surface area (TPSA) is 79.1 Å². The van der Waals surface area contributed by atoms with Gasteiger partial charge in [-0.15, -0.1) is 0 Å². The zero-order chi connectivity index (χ0) is 29.1. The van der Waals surface area contributed by atoms with Gasteiger partial charge in [-0.25, -0.2) is 9.79 Å². The molecular formula is C31H26Cl2N2O5S. The van der Waals surface area contributed by atoms with Crippen LogP contribution in [0.15, 0.2) is 87.8 Å². The van der Waals surface area contributed by atoms with Gasteiger partial charge in [-0.1, -0.05) is 77.0 Å². The lowest BCUT2D eigenvalue weighted by molar-refractivity contribution is -0.139. The minimum atomic E-state index is -0.654. The third-order valence-corrected chi connectivity index (χ3v) is 8.09. The van der Waals surface area contributed by atoms with E-state index in [0.29, 0.717) is 42.1 Å². The lowest BCUT2D eigenvalue weighted by Gasteiger charge is -2.24. The summed E-state index contributed by atoms with van der Waals surface area (Å²) in [4.78, 5) is 31.9. The lowest BCUT2D eigenvalue weighted by Crippen LogP contribution is -2.39. The second-order valence-electron chi connectivity index (χ2n) is 9.15. The molecule has 7 nitrogen and oxygen atoms in total. The van der Waals surface area contributed by atoms with Gasteiger partial charge in [0.15, 0.2) is 16.3 Å². The number of thiazole rings is 1. The highest BCUT2D eigenvalue weighted by Crippen LogP contribution is 2.32. The summed E-state index contributed by atoms with van der Waals surface area (Å²) in [7, 11) is 1.55. The number of esters is 1. The van der Waals surface area contributed by atoms with Crippen LogP contribution in [0, 0.1) is 0 Å². The quantitative estimate of drug-likeness (QED) is 0.240. The molecule has 0 spiro atoms. The summed E-state index contributed by atoms with van der Waals surface area (Å²) in [5.41, 5.74) is 2.93. The van der Waals surface area contributed by atoms with Gasteiger partial charge < -0.3 is 14.2 Å². The molecule has 0 saturated heterocycles. The van der Waals surface area contributed by atoms with Crippen LogP contribution in [0.1, 0.15) is 36.6 Å². The van der Waals surface area contributed by atoms with E-state index in [0.717, 1.165) is 16.7 Å². The summed E-state index contributed by atoms with van der Waals surface area (Å²) < 4.78 is 18.9. The van der Waals surface area contributed by atoms with E-state index >= 15 is 0 Å². The van der Waals surface area contributed by atoms with Crippen LogP contribution in [0.5, 0.6) is 11.5 Å². The number of allylic oxidation sites excluding steroid dienone is 1. The Hall–Kier alpha value is -3.85. The van der Waals surface area contributed by atoms with Gasteiger partial charge in [0, 0.05) is 15.6 Å². The molecule has 0 amide bonds. The number of rotatable bonds is 8. The number of fused-ring (bicyclic) bond motifs is 1. The fourth-order valence-corrected chi connectivity index (χ4v) is 6.09. The van der Waals surface area contributed by atoms with Crippen LogP contribution in [0.4, 0.5) is 0 Å². The Morgan fingerprint density at radius 1 is 1.07 bits per heavy atom. The monoisotopic (exact) mass is 608 g/mol. The molecular weight excluding hydrogens is 583 g/mol. The van der Waals surface area contributed by atoms with Crippen molar-refractivity contribution in [1.29, 1.82) is 0 Å². The third-order valence-electron chi connectivity index (χ3n) is 6.52. The molecule has 1 aliphatic heterocycles. The van der Waals surface area contributed by atoms with E-state index in [-0.39, 0.29) is 18.8 Å². The minimum absolute atomic E-state index is 0.218. The Bertz CT molecular complexity index is 1830. The summed E-state index contributed by atoms with van der Waals surface area (Å²) >= 11 is 13.5. The molecule has 0 radical (unpaired) electrons. The highest BCUT2D eigenvalue weighted by atomic mass is 35.5. The van der Waals surface area contributed by atoms with Crippen molar-refractivity contribution in [2.45, 2.75) is 26.5 Å². The summed E-state index contributed by atoms with van der Waals surface area (Å²) in [5.74, 6) is 0.534. The molecule has 10 heteroatoms. The second-order valence-corrected chi connectivity index (χ2v) is 11.0. The predicted octanol–water partition coefficient (Wildman–Crippen LogP) is 5.69. The van der Waals surface area contributed by atoms with E-state index in [1.54, 1.807) is 55.9 Å². The van der Waals surface area contributed by atoms with Crippen LogP contribution in [0.3, 0.4) is 0 Å². The van der Waals surface area contributed by atoms with Crippen LogP contribution in [0.2, 0.25) is 10.0 Å². The van der Waals surface area contributed by atoms with Gasteiger partial charge in [0.25, 0.3) is 5.56 Å². The van der Waals surface area contributed by atoms with Crippen LogP contribution in [-0.4, -0.2) is 24.3 Å². The number of nitrogens with zero attached hydrogens (tertiary/aromatic N) is 2. The zero-order valence-electron chi connectivity index (χ0n) is 22.5. The summed E-state index contributed by atoms with van der Waals surface area (Å²) in [6.07, 6.45) is 1.78. The number of aromatic nitrogens is 1. The number of hydrogen-bond acceptors (Lipinski definition) is 7. The Kier molecular flexibility index (Phi) is 8.63. The predicted molar refractivity (Wildman–Crippen MR) is 161 cm³/mol. The molecule has 0 bridgehead atoms. The molecule has 1 atom stereocenters. The van der Waals surface area contributed by atoms with Gasteiger partial charge in [0.2, 0.25) is 0 Å². The molecule has 4 aromatic rings. The van der Waals surface area contributed by atoms with Crippen molar-refractivity contribution in [2.75, 3.05) is 13.7 Å². The number of benzene rings is 3. The van der Waals surface area contributed by atoms with Crippen molar-refractivity contribution in [3.63, 3.8) is 0 Å². The van der Waals surface area contributed by atoms with Crippen LogP contribution in [-0.2, 0) is 16.1 Å². The molecule has 5 rings (SSSR count). The maximum atomic E-state index is 13.8. The van der Waals surface area contributed by atoms with E-state index in [1.807, 2.05) is 42.5 Å². The molecule has 0 aliphatic carbocycles. The van der Waals surface area contributed by atoms with E-state index in [9.17, 15) is 9.59 Å². The number of methoxy groups -OCH3 is 1. The molecule has 41 heavy (non-hydrogen) atoms. The Morgan fingerprint density at radius 2 is 1.85 bits per heavy atom. The number of carbonyl (C=O) groups is 1. The summed E-state index contributed by atoms with van der Waals surface area (Å²) in [6.45, 7) is 3.96. The molecule has 2 heterocycles. The van der Waals surface area contributed by atoms with Gasteiger partial charge in [0.05, 0.1) is 35.6 Å². The van der Waals surface area contributed by atoms with Crippen LogP contribution < -0.4 is 24.4 Å². The maximum absolute atomic E-state index is 13.8. The highest BCUT2D eigenvalue weighted by molar-refractivity contribution is 7.07.